The molecule has 0 aliphatic heterocycles. The lowest BCUT2D eigenvalue weighted by Gasteiger charge is -2.04. The standard InChI is InChI=1S/C10H14N2O3S/c1-2-15-10(14)7-11-6-8(13)12-9-4-3-5-16-9/h3-5,11H,2,6-7H2,1H3,(H,12,13). The SMILES string of the molecule is CCOC(=O)CNCC(=O)Nc1cccs1. The second-order valence-corrected chi connectivity index (χ2v) is 3.88. The molecule has 0 unspecified atom stereocenters. The van der Waals surface area contributed by atoms with Gasteiger partial charge in [0.15, 0.2) is 0 Å². The molecule has 5 nitrogen and oxygen atoms in total. The maximum absolute atomic E-state index is 11.3. The first-order valence-corrected chi connectivity index (χ1v) is 5.80. The molecule has 1 aromatic rings. The quantitative estimate of drug-likeness (QED) is 0.725. The highest BCUT2D eigenvalue weighted by atomic mass is 32.1. The summed E-state index contributed by atoms with van der Waals surface area (Å²) in [5.74, 6) is -0.529. The largest absolute Gasteiger partial charge is 0.465 e. The molecule has 1 rings (SSSR count). The fraction of sp³-hybridized carbons (Fsp3) is 0.400. The van der Waals surface area contributed by atoms with Crippen LogP contribution < -0.4 is 10.6 Å². The van der Waals surface area contributed by atoms with Crippen LogP contribution in [0.2, 0.25) is 0 Å². The third kappa shape index (κ3) is 4.90. The molecule has 0 radical (unpaired) electrons. The number of thiophene rings is 1. The smallest absolute Gasteiger partial charge is 0.319 e. The van der Waals surface area contributed by atoms with Crippen LogP contribution in [0.4, 0.5) is 5.00 Å². The Labute approximate surface area is 97.8 Å². The summed E-state index contributed by atoms with van der Waals surface area (Å²) in [6.45, 7) is 2.23. The molecule has 0 aliphatic rings. The summed E-state index contributed by atoms with van der Waals surface area (Å²) in [6, 6.07) is 3.67. The molecular weight excluding hydrogens is 228 g/mol. The maximum Gasteiger partial charge on any atom is 0.319 e. The zero-order chi connectivity index (χ0) is 11.8. The van der Waals surface area contributed by atoms with E-state index in [-0.39, 0.29) is 25.0 Å². The van der Waals surface area contributed by atoms with Gasteiger partial charge in [-0.05, 0) is 24.4 Å². The number of hydrogen-bond donors (Lipinski definition) is 2. The second kappa shape index (κ2) is 6.97. The molecule has 0 saturated carbocycles. The second-order valence-electron chi connectivity index (χ2n) is 2.93. The van der Waals surface area contributed by atoms with Crippen LogP contribution in [0.5, 0.6) is 0 Å². The van der Waals surface area contributed by atoms with Crippen LogP contribution in [0.25, 0.3) is 0 Å². The van der Waals surface area contributed by atoms with Gasteiger partial charge in [-0.3, -0.25) is 14.9 Å². The average molecular weight is 242 g/mol. The third-order valence-electron chi connectivity index (χ3n) is 1.64. The number of hydrogen-bond acceptors (Lipinski definition) is 5. The minimum Gasteiger partial charge on any atom is -0.465 e. The molecule has 0 fully saturated rings. The lowest BCUT2D eigenvalue weighted by Crippen LogP contribution is -2.32. The fourth-order valence-corrected chi connectivity index (χ4v) is 1.66. The monoisotopic (exact) mass is 242 g/mol. The van der Waals surface area contributed by atoms with Crippen molar-refractivity contribution < 1.29 is 14.3 Å². The van der Waals surface area contributed by atoms with Crippen LogP contribution in [-0.2, 0) is 14.3 Å². The van der Waals surface area contributed by atoms with Gasteiger partial charge in [0, 0.05) is 0 Å². The van der Waals surface area contributed by atoms with Crippen LogP contribution in [0.1, 0.15) is 6.92 Å². The summed E-state index contributed by atoms with van der Waals surface area (Å²) in [6.07, 6.45) is 0. The van der Waals surface area contributed by atoms with E-state index in [9.17, 15) is 9.59 Å². The van der Waals surface area contributed by atoms with Crippen molar-refractivity contribution in [3.05, 3.63) is 17.5 Å². The first-order valence-electron chi connectivity index (χ1n) is 4.92. The molecule has 0 spiro atoms. The van der Waals surface area contributed by atoms with Gasteiger partial charge in [-0.15, -0.1) is 11.3 Å². The van der Waals surface area contributed by atoms with E-state index in [1.807, 2.05) is 17.5 Å². The molecule has 0 saturated heterocycles. The van der Waals surface area contributed by atoms with Gasteiger partial charge in [0.1, 0.15) is 0 Å². The van der Waals surface area contributed by atoms with Crippen molar-refractivity contribution in [2.45, 2.75) is 6.92 Å². The number of carbonyl (C=O) groups excluding carboxylic acids is 2. The summed E-state index contributed by atoms with van der Waals surface area (Å²) in [5, 5.41) is 8.06. The van der Waals surface area contributed by atoms with Gasteiger partial charge in [-0.25, -0.2) is 0 Å². The molecule has 1 aromatic heterocycles. The van der Waals surface area contributed by atoms with E-state index in [1.54, 1.807) is 6.92 Å². The minimum absolute atomic E-state index is 0.0473. The van der Waals surface area contributed by atoms with Gasteiger partial charge in [0.2, 0.25) is 5.91 Å². The number of nitrogens with one attached hydrogen (secondary N) is 2. The van der Waals surface area contributed by atoms with Crippen molar-refractivity contribution in [3.8, 4) is 0 Å². The summed E-state index contributed by atoms with van der Waals surface area (Å²) in [4.78, 5) is 22.3. The highest BCUT2D eigenvalue weighted by molar-refractivity contribution is 7.14. The molecular formula is C10H14N2O3S. The van der Waals surface area contributed by atoms with E-state index in [0.29, 0.717) is 6.61 Å². The third-order valence-corrected chi connectivity index (χ3v) is 2.43. The Balaban J connectivity index is 2.13. The highest BCUT2D eigenvalue weighted by Crippen LogP contribution is 2.14. The minimum atomic E-state index is -0.355. The van der Waals surface area contributed by atoms with Crippen molar-refractivity contribution in [2.24, 2.45) is 0 Å². The topological polar surface area (TPSA) is 67.4 Å². The molecule has 88 valence electrons. The first-order chi connectivity index (χ1) is 7.72. The Bertz CT molecular complexity index is 338. The number of ether oxygens (including phenoxy) is 1. The molecule has 0 bridgehead atoms. The van der Waals surface area contributed by atoms with Crippen LogP contribution in [-0.4, -0.2) is 31.6 Å². The Morgan fingerprint density at radius 2 is 2.25 bits per heavy atom. The number of esters is 1. The lowest BCUT2D eigenvalue weighted by molar-refractivity contribution is -0.141. The van der Waals surface area contributed by atoms with E-state index >= 15 is 0 Å². The zero-order valence-corrected chi connectivity index (χ0v) is 9.80. The van der Waals surface area contributed by atoms with Crippen molar-refractivity contribution in [2.75, 3.05) is 25.0 Å². The van der Waals surface area contributed by atoms with Crippen LogP contribution in [0.3, 0.4) is 0 Å². The lowest BCUT2D eigenvalue weighted by atomic mass is 10.5. The predicted octanol–water partition coefficient (Wildman–Crippen LogP) is 0.839. The van der Waals surface area contributed by atoms with E-state index in [2.05, 4.69) is 10.6 Å². The molecule has 0 aliphatic carbocycles. The van der Waals surface area contributed by atoms with Crippen molar-refractivity contribution in [3.63, 3.8) is 0 Å². The van der Waals surface area contributed by atoms with Gasteiger partial charge >= 0.3 is 5.97 Å². The summed E-state index contributed by atoms with van der Waals surface area (Å²) in [7, 11) is 0. The van der Waals surface area contributed by atoms with Crippen molar-refractivity contribution >= 4 is 28.2 Å². The van der Waals surface area contributed by atoms with Gasteiger partial charge < -0.3 is 10.1 Å². The maximum atomic E-state index is 11.3. The van der Waals surface area contributed by atoms with Crippen molar-refractivity contribution in [1.29, 1.82) is 0 Å². The number of rotatable bonds is 6. The van der Waals surface area contributed by atoms with E-state index < -0.39 is 0 Å². The Morgan fingerprint density at radius 1 is 1.44 bits per heavy atom. The summed E-state index contributed by atoms with van der Waals surface area (Å²) >= 11 is 1.45. The first kappa shape index (κ1) is 12.7. The number of carbonyl (C=O) groups is 2. The summed E-state index contributed by atoms with van der Waals surface area (Å²) < 4.78 is 4.70. The van der Waals surface area contributed by atoms with Gasteiger partial charge in [-0.1, -0.05) is 0 Å². The zero-order valence-electron chi connectivity index (χ0n) is 8.99. The average Bonchev–Trinajstić information content (AvgIpc) is 2.70. The molecule has 6 heteroatoms. The Morgan fingerprint density at radius 3 is 2.88 bits per heavy atom. The fourth-order valence-electron chi connectivity index (χ4n) is 1.02. The predicted molar refractivity (Wildman–Crippen MR) is 62.5 cm³/mol. The van der Waals surface area contributed by atoms with Crippen LogP contribution in [0, 0.1) is 0 Å². The van der Waals surface area contributed by atoms with Gasteiger partial charge in [0.25, 0.3) is 0 Å². The Kier molecular flexibility index (Phi) is 5.52. The molecule has 2 N–H and O–H groups in total. The normalized spacial score (nSPS) is 9.81. The number of anilines is 1. The molecule has 1 amide bonds. The van der Waals surface area contributed by atoms with Crippen LogP contribution >= 0.6 is 11.3 Å². The number of amides is 1. The van der Waals surface area contributed by atoms with Gasteiger partial charge in [-0.2, -0.15) is 0 Å². The van der Waals surface area contributed by atoms with E-state index in [0.717, 1.165) is 5.00 Å². The van der Waals surface area contributed by atoms with Crippen molar-refractivity contribution in [1.82, 2.24) is 5.32 Å². The molecule has 0 aromatic carbocycles. The molecule has 16 heavy (non-hydrogen) atoms. The van der Waals surface area contributed by atoms with E-state index in [4.69, 9.17) is 4.74 Å². The summed E-state index contributed by atoms with van der Waals surface area (Å²) in [5.41, 5.74) is 0. The van der Waals surface area contributed by atoms with Crippen LogP contribution in [0.15, 0.2) is 17.5 Å². The highest BCUT2D eigenvalue weighted by Gasteiger charge is 2.05. The Hall–Kier alpha value is -1.40. The molecule has 0 atom stereocenters. The van der Waals surface area contributed by atoms with Gasteiger partial charge in [0.05, 0.1) is 24.7 Å². The van der Waals surface area contributed by atoms with E-state index in [1.165, 1.54) is 11.3 Å². The molecule has 1 heterocycles.